The molecule has 0 aliphatic rings. The Hall–Kier alpha value is -3.30. The number of rotatable bonds is 5. The van der Waals surface area contributed by atoms with Gasteiger partial charge in [0.2, 0.25) is 12.3 Å². The number of hydrogen-bond donors (Lipinski definition) is 1. The second-order valence-corrected chi connectivity index (χ2v) is 5.70. The van der Waals surface area contributed by atoms with Gasteiger partial charge in [0.15, 0.2) is 12.4 Å². The van der Waals surface area contributed by atoms with E-state index in [-0.39, 0.29) is 35.2 Å². The molecule has 1 aromatic heterocycles. The van der Waals surface area contributed by atoms with Crippen LogP contribution in [-0.4, -0.2) is 11.7 Å². The lowest BCUT2D eigenvalue weighted by Gasteiger charge is -2.06. The van der Waals surface area contributed by atoms with Gasteiger partial charge in [-0.1, -0.05) is 18.2 Å². The van der Waals surface area contributed by atoms with Gasteiger partial charge in [-0.05, 0) is 42.5 Å². The Morgan fingerprint density at radius 1 is 0.926 bits per heavy atom. The Morgan fingerprint density at radius 3 is 2.30 bits per heavy atom. The lowest BCUT2D eigenvalue weighted by molar-refractivity contribution is -0.683. The summed E-state index contributed by atoms with van der Waals surface area (Å²) in [6.45, 7) is 0.144. The van der Waals surface area contributed by atoms with E-state index in [2.05, 4.69) is 5.32 Å². The van der Waals surface area contributed by atoms with Crippen molar-refractivity contribution in [1.82, 2.24) is 0 Å². The number of hydrogen-bond acceptors (Lipinski definition) is 3. The van der Waals surface area contributed by atoms with Gasteiger partial charge in [0.25, 0.3) is 5.91 Å². The number of Topliss-reactive ketones (excluding diaryl/α,β-unsaturated/α-hetero) is 1. The van der Waals surface area contributed by atoms with Crippen molar-refractivity contribution >= 4 is 17.4 Å². The molecular formula is C21H16BrN3O2. The van der Waals surface area contributed by atoms with E-state index in [9.17, 15) is 9.59 Å². The van der Waals surface area contributed by atoms with Crippen molar-refractivity contribution in [3.8, 4) is 6.07 Å². The van der Waals surface area contributed by atoms with Crippen molar-refractivity contribution in [2.24, 2.45) is 0 Å². The van der Waals surface area contributed by atoms with Crippen molar-refractivity contribution in [1.29, 1.82) is 5.26 Å². The third-order valence-electron chi connectivity index (χ3n) is 3.81. The van der Waals surface area contributed by atoms with Crippen LogP contribution in [0.15, 0.2) is 79.1 Å². The Kier molecular flexibility index (Phi) is 6.98. The molecule has 0 saturated heterocycles. The van der Waals surface area contributed by atoms with Crippen LogP contribution in [0.25, 0.3) is 0 Å². The van der Waals surface area contributed by atoms with Crippen LogP contribution in [-0.2, 0) is 6.54 Å². The first kappa shape index (κ1) is 20.0. The molecule has 0 bridgehead atoms. The Morgan fingerprint density at radius 2 is 1.63 bits per heavy atom. The third kappa shape index (κ3) is 5.33. The van der Waals surface area contributed by atoms with Crippen LogP contribution in [0.5, 0.6) is 0 Å². The number of aromatic nitrogens is 1. The molecule has 1 heterocycles. The fourth-order valence-corrected chi connectivity index (χ4v) is 2.48. The maximum Gasteiger partial charge on any atom is 0.255 e. The van der Waals surface area contributed by atoms with E-state index in [1.807, 2.05) is 12.1 Å². The molecule has 0 saturated carbocycles. The Labute approximate surface area is 167 Å². The van der Waals surface area contributed by atoms with Crippen LogP contribution < -0.4 is 26.9 Å². The average Bonchev–Trinajstić information content (AvgIpc) is 2.69. The standard InChI is InChI=1S/C21H15N3O2.BrH/c22-13-16-5-4-12-24(14-16)15-20(25)17-8-10-19(11-9-17)23-21(26)18-6-2-1-3-7-18;/h1-12,14H,15H2;1H. The number of carbonyl (C=O) groups is 2. The highest BCUT2D eigenvalue weighted by Crippen LogP contribution is 2.12. The van der Waals surface area contributed by atoms with E-state index in [4.69, 9.17) is 5.26 Å². The Balaban J connectivity index is 0.00000261. The van der Waals surface area contributed by atoms with Gasteiger partial charge >= 0.3 is 0 Å². The number of halogens is 1. The first-order valence-electron chi connectivity index (χ1n) is 8.04. The molecule has 27 heavy (non-hydrogen) atoms. The van der Waals surface area contributed by atoms with Gasteiger partial charge in [-0.2, -0.15) is 9.83 Å². The predicted molar refractivity (Wildman–Crippen MR) is 96.5 cm³/mol. The minimum absolute atomic E-state index is 0. The summed E-state index contributed by atoms with van der Waals surface area (Å²) >= 11 is 0. The van der Waals surface area contributed by atoms with Gasteiger partial charge in [0, 0.05) is 22.9 Å². The maximum absolute atomic E-state index is 12.4. The van der Waals surface area contributed by atoms with Crippen LogP contribution in [0.2, 0.25) is 0 Å². The second-order valence-electron chi connectivity index (χ2n) is 5.70. The highest BCUT2D eigenvalue weighted by Gasteiger charge is 2.13. The number of nitrogens with zero attached hydrogens (tertiary/aromatic N) is 2. The molecule has 0 fully saturated rings. The van der Waals surface area contributed by atoms with Gasteiger partial charge in [-0.15, -0.1) is 0 Å². The molecule has 0 aliphatic carbocycles. The zero-order valence-corrected chi connectivity index (χ0v) is 15.9. The monoisotopic (exact) mass is 421 g/mol. The maximum atomic E-state index is 12.4. The zero-order valence-electron chi connectivity index (χ0n) is 14.3. The van der Waals surface area contributed by atoms with Crippen LogP contribution in [0.1, 0.15) is 26.3 Å². The molecule has 0 unspecified atom stereocenters. The van der Waals surface area contributed by atoms with E-state index in [0.717, 1.165) is 0 Å². The highest BCUT2D eigenvalue weighted by molar-refractivity contribution is 6.04. The fourth-order valence-electron chi connectivity index (χ4n) is 2.48. The number of nitriles is 1. The summed E-state index contributed by atoms with van der Waals surface area (Å²) in [5.41, 5.74) is 2.23. The molecule has 1 N–H and O–H groups in total. The number of benzene rings is 2. The molecule has 0 aliphatic heterocycles. The number of pyridine rings is 1. The van der Waals surface area contributed by atoms with Gasteiger partial charge in [-0.3, -0.25) is 9.59 Å². The summed E-state index contributed by atoms with van der Waals surface area (Å²) in [7, 11) is 0. The minimum Gasteiger partial charge on any atom is -1.00 e. The topological polar surface area (TPSA) is 73.8 Å². The normalized spacial score (nSPS) is 9.59. The number of amides is 1. The summed E-state index contributed by atoms with van der Waals surface area (Å²) in [5, 5.41) is 11.7. The number of nitrogens with one attached hydrogen (secondary N) is 1. The van der Waals surface area contributed by atoms with Crippen LogP contribution >= 0.6 is 0 Å². The smallest absolute Gasteiger partial charge is 0.255 e. The van der Waals surface area contributed by atoms with Crippen LogP contribution in [0.3, 0.4) is 0 Å². The summed E-state index contributed by atoms with van der Waals surface area (Å²) in [6, 6.07) is 21.1. The first-order valence-corrected chi connectivity index (χ1v) is 8.04. The van der Waals surface area contributed by atoms with Gasteiger partial charge in [0.1, 0.15) is 11.6 Å². The van der Waals surface area contributed by atoms with E-state index in [1.54, 1.807) is 77.6 Å². The van der Waals surface area contributed by atoms with Crippen molar-refractivity contribution in [3.63, 3.8) is 0 Å². The SMILES string of the molecule is N#Cc1ccc[n+](CC(=O)c2ccc(NC(=O)c3ccccc3)cc2)c1.[Br-]. The molecule has 1 amide bonds. The molecule has 0 radical (unpaired) electrons. The molecular weight excluding hydrogens is 406 g/mol. The summed E-state index contributed by atoms with van der Waals surface area (Å²) in [6.07, 6.45) is 3.37. The fraction of sp³-hybridized carbons (Fsp3) is 0.0476. The largest absolute Gasteiger partial charge is 1.00 e. The number of anilines is 1. The van der Waals surface area contributed by atoms with Crippen molar-refractivity contribution in [2.45, 2.75) is 6.54 Å². The van der Waals surface area contributed by atoms with E-state index in [1.165, 1.54) is 0 Å². The summed E-state index contributed by atoms with van der Waals surface area (Å²) < 4.78 is 1.67. The molecule has 6 heteroatoms. The predicted octanol–water partition coefficient (Wildman–Crippen LogP) is -0.0150. The number of carbonyl (C=O) groups excluding carboxylic acids is 2. The van der Waals surface area contributed by atoms with Gasteiger partial charge < -0.3 is 22.3 Å². The molecule has 0 atom stereocenters. The lowest BCUT2D eigenvalue weighted by atomic mass is 10.1. The molecule has 3 rings (SSSR count). The van der Waals surface area contributed by atoms with E-state index >= 15 is 0 Å². The molecule has 0 spiro atoms. The average molecular weight is 422 g/mol. The van der Waals surface area contributed by atoms with Crippen LogP contribution in [0, 0.1) is 11.3 Å². The first-order chi connectivity index (χ1) is 12.7. The van der Waals surface area contributed by atoms with Crippen molar-refractivity contribution < 1.29 is 31.1 Å². The minimum atomic E-state index is -0.200. The van der Waals surface area contributed by atoms with Gasteiger partial charge in [0.05, 0.1) is 0 Å². The second kappa shape index (κ2) is 9.41. The quantitative estimate of drug-likeness (QED) is 0.464. The lowest BCUT2D eigenvalue weighted by Crippen LogP contribution is -3.00. The van der Waals surface area contributed by atoms with E-state index in [0.29, 0.717) is 22.4 Å². The Bertz CT molecular complexity index is 980. The molecule has 3 aromatic rings. The molecule has 5 nitrogen and oxygen atoms in total. The highest BCUT2D eigenvalue weighted by atomic mass is 79.9. The van der Waals surface area contributed by atoms with Crippen molar-refractivity contribution in [3.05, 3.63) is 95.8 Å². The third-order valence-corrected chi connectivity index (χ3v) is 3.81. The van der Waals surface area contributed by atoms with Crippen LogP contribution in [0.4, 0.5) is 5.69 Å². The summed E-state index contributed by atoms with van der Waals surface area (Å²) in [4.78, 5) is 24.5. The molecule has 2 aromatic carbocycles. The number of ketones is 1. The van der Waals surface area contributed by atoms with Gasteiger partial charge in [-0.25, -0.2) is 0 Å². The van der Waals surface area contributed by atoms with E-state index < -0.39 is 0 Å². The van der Waals surface area contributed by atoms with Crippen molar-refractivity contribution in [2.75, 3.05) is 5.32 Å². The summed E-state index contributed by atoms with van der Waals surface area (Å²) in [5.74, 6) is -0.278. The molecule has 134 valence electrons. The zero-order chi connectivity index (χ0) is 18.4.